The summed E-state index contributed by atoms with van der Waals surface area (Å²) in [6, 6.07) is 2.32. The molecule has 1 unspecified atom stereocenters. The van der Waals surface area contributed by atoms with E-state index in [1.54, 1.807) is 0 Å². The Morgan fingerprint density at radius 1 is 1.58 bits per heavy atom. The number of halogens is 1. The molecule has 3 N–H and O–H groups in total. The standard InChI is InChI=1S/C12H16N4OS.ClH/c13-6-8-2-1-4-16(8)7-10-14-9-3-5-18-11(9)12(17)15-10;/h3,5,8H,1-2,4,6-7,13H2,(H,14,15,17);1H. The summed E-state index contributed by atoms with van der Waals surface area (Å²) >= 11 is 1.43. The molecule has 0 amide bonds. The summed E-state index contributed by atoms with van der Waals surface area (Å²) < 4.78 is 0.704. The Hall–Kier alpha value is -0.950. The van der Waals surface area contributed by atoms with Crippen LogP contribution in [-0.4, -0.2) is 34.0 Å². The molecule has 104 valence electrons. The van der Waals surface area contributed by atoms with Gasteiger partial charge in [-0.05, 0) is 30.8 Å². The van der Waals surface area contributed by atoms with Gasteiger partial charge in [-0.15, -0.1) is 23.7 Å². The number of nitrogens with two attached hydrogens (primary N) is 1. The summed E-state index contributed by atoms with van der Waals surface area (Å²) in [4.78, 5) is 21.5. The van der Waals surface area contributed by atoms with Crippen LogP contribution < -0.4 is 11.3 Å². The first-order valence-electron chi connectivity index (χ1n) is 6.18. The highest BCUT2D eigenvalue weighted by Crippen LogP contribution is 2.19. The van der Waals surface area contributed by atoms with Crippen molar-refractivity contribution in [2.45, 2.75) is 25.4 Å². The van der Waals surface area contributed by atoms with E-state index in [9.17, 15) is 4.79 Å². The van der Waals surface area contributed by atoms with Gasteiger partial charge in [-0.1, -0.05) is 0 Å². The van der Waals surface area contributed by atoms with Crippen LogP contribution in [0.2, 0.25) is 0 Å². The minimum absolute atomic E-state index is 0. The second-order valence-corrected chi connectivity index (χ2v) is 5.57. The van der Waals surface area contributed by atoms with E-state index >= 15 is 0 Å². The van der Waals surface area contributed by atoms with Crippen LogP contribution >= 0.6 is 23.7 Å². The third-order valence-electron chi connectivity index (χ3n) is 3.49. The van der Waals surface area contributed by atoms with Gasteiger partial charge < -0.3 is 10.7 Å². The molecule has 1 atom stereocenters. The first-order valence-corrected chi connectivity index (χ1v) is 7.06. The molecule has 0 aliphatic carbocycles. The molecule has 1 fully saturated rings. The number of fused-ring (bicyclic) bond motifs is 1. The highest BCUT2D eigenvalue weighted by Gasteiger charge is 2.23. The van der Waals surface area contributed by atoms with E-state index in [0.717, 1.165) is 24.3 Å². The van der Waals surface area contributed by atoms with Crippen molar-refractivity contribution < 1.29 is 0 Å². The van der Waals surface area contributed by atoms with E-state index < -0.39 is 0 Å². The van der Waals surface area contributed by atoms with E-state index in [2.05, 4.69) is 14.9 Å². The number of rotatable bonds is 3. The van der Waals surface area contributed by atoms with Gasteiger partial charge in [-0.3, -0.25) is 9.69 Å². The lowest BCUT2D eigenvalue weighted by molar-refractivity contribution is 0.244. The Balaban J connectivity index is 0.00000133. The van der Waals surface area contributed by atoms with Gasteiger partial charge in [-0.2, -0.15) is 0 Å². The van der Waals surface area contributed by atoms with Crippen LogP contribution in [0.3, 0.4) is 0 Å². The number of likely N-dealkylation sites (tertiary alicyclic amines) is 1. The Morgan fingerprint density at radius 2 is 2.42 bits per heavy atom. The second-order valence-electron chi connectivity index (χ2n) is 4.65. The predicted molar refractivity (Wildman–Crippen MR) is 80.0 cm³/mol. The molecular formula is C12H17ClN4OS. The molecule has 1 aliphatic rings. The van der Waals surface area contributed by atoms with Crippen LogP contribution in [0.15, 0.2) is 16.2 Å². The van der Waals surface area contributed by atoms with E-state index in [0.29, 0.717) is 23.8 Å². The lowest BCUT2D eigenvalue weighted by Crippen LogP contribution is -2.35. The van der Waals surface area contributed by atoms with Crippen LogP contribution in [0.5, 0.6) is 0 Å². The molecule has 3 heterocycles. The molecular weight excluding hydrogens is 284 g/mol. The summed E-state index contributed by atoms with van der Waals surface area (Å²) in [5.41, 5.74) is 6.51. The van der Waals surface area contributed by atoms with Crippen LogP contribution in [-0.2, 0) is 6.54 Å². The van der Waals surface area contributed by atoms with Gasteiger partial charge >= 0.3 is 0 Å². The number of nitrogens with zero attached hydrogens (tertiary/aromatic N) is 2. The summed E-state index contributed by atoms with van der Waals surface area (Å²) in [7, 11) is 0. The topological polar surface area (TPSA) is 75.0 Å². The lowest BCUT2D eigenvalue weighted by Gasteiger charge is -2.22. The van der Waals surface area contributed by atoms with Crippen molar-refractivity contribution in [1.82, 2.24) is 14.9 Å². The Bertz CT molecular complexity index is 611. The maximum absolute atomic E-state index is 11.9. The average molecular weight is 301 g/mol. The number of nitrogens with one attached hydrogen (secondary N) is 1. The maximum atomic E-state index is 11.9. The SMILES string of the molecule is Cl.NCC1CCCN1Cc1nc2ccsc2c(=O)[nH]1. The highest BCUT2D eigenvalue weighted by atomic mass is 35.5. The number of hydrogen-bond acceptors (Lipinski definition) is 5. The Labute approximate surface area is 121 Å². The van der Waals surface area contributed by atoms with Gasteiger partial charge in [-0.25, -0.2) is 4.98 Å². The van der Waals surface area contributed by atoms with Crippen molar-refractivity contribution in [3.63, 3.8) is 0 Å². The maximum Gasteiger partial charge on any atom is 0.268 e. The zero-order valence-electron chi connectivity index (χ0n) is 10.5. The third kappa shape index (κ3) is 2.81. The monoisotopic (exact) mass is 300 g/mol. The van der Waals surface area contributed by atoms with Crippen molar-refractivity contribution >= 4 is 34.0 Å². The zero-order valence-corrected chi connectivity index (χ0v) is 12.1. The molecule has 0 aromatic carbocycles. The fourth-order valence-corrected chi connectivity index (χ4v) is 3.28. The molecule has 5 nitrogen and oxygen atoms in total. The predicted octanol–water partition coefficient (Wildman–Crippen LogP) is 1.33. The van der Waals surface area contributed by atoms with E-state index in [-0.39, 0.29) is 18.0 Å². The van der Waals surface area contributed by atoms with Gasteiger partial charge in [0.15, 0.2) is 0 Å². The van der Waals surface area contributed by atoms with Crippen molar-refractivity contribution in [3.05, 3.63) is 27.6 Å². The van der Waals surface area contributed by atoms with Gasteiger partial charge in [0.05, 0.1) is 12.1 Å². The highest BCUT2D eigenvalue weighted by molar-refractivity contribution is 7.17. The van der Waals surface area contributed by atoms with E-state index in [1.807, 2.05) is 11.4 Å². The van der Waals surface area contributed by atoms with Crippen molar-refractivity contribution in [2.24, 2.45) is 5.73 Å². The smallest absolute Gasteiger partial charge is 0.268 e. The number of aromatic amines is 1. The molecule has 3 rings (SSSR count). The Morgan fingerprint density at radius 3 is 3.21 bits per heavy atom. The van der Waals surface area contributed by atoms with E-state index in [4.69, 9.17) is 5.73 Å². The van der Waals surface area contributed by atoms with Gasteiger partial charge in [0.1, 0.15) is 10.5 Å². The molecule has 0 spiro atoms. The van der Waals surface area contributed by atoms with Crippen molar-refractivity contribution in [2.75, 3.05) is 13.1 Å². The second kappa shape index (κ2) is 6.00. The first-order chi connectivity index (χ1) is 8.78. The lowest BCUT2D eigenvalue weighted by atomic mass is 10.2. The van der Waals surface area contributed by atoms with Crippen LogP contribution in [0.4, 0.5) is 0 Å². The minimum Gasteiger partial charge on any atom is -0.329 e. The molecule has 1 aliphatic heterocycles. The molecule has 19 heavy (non-hydrogen) atoms. The molecule has 0 saturated carbocycles. The van der Waals surface area contributed by atoms with Gasteiger partial charge in [0.2, 0.25) is 0 Å². The summed E-state index contributed by atoms with van der Waals surface area (Å²) in [5.74, 6) is 0.742. The van der Waals surface area contributed by atoms with E-state index in [1.165, 1.54) is 17.8 Å². The van der Waals surface area contributed by atoms with Gasteiger partial charge in [0, 0.05) is 12.6 Å². The number of hydrogen-bond donors (Lipinski definition) is 2. The molecule has 7 heteroatoms. The molecule has 2 aromatic heterocycles. The number of H-pyrrole nitrogens is 1. The minimum atomic E-state index is -0.0338. The Kier molecular flexibility index (Phi) is 4.57. The summed E-state index contributed by atoms with van der Waals surface area (Å²) in [6.45, 7) is 2.39. The van der Waals surface area contributed by atoms with Crippen molar-refractivity contribution in [1.29, 1.82) is 0 Å². The largest absolute Gasteiger partial charge is 0.329 e. The quantitative estimate of drug-likeness (QED) is 0.897. The fraction of sp³-hybridized carbons (Fsp3) is 0.500. The number of aromatic nitrogens is 2. The average Bonchev–Trinajstić information content (AvgIpc) is 2.97. The first kappa shape index (κ1) is 14.5. The third-order valence-corrected chi connectivity index (χ3v) is 4.39. The zero-order chi connectivity index (χ0) is 12.5. The molecule has 0 bridgehead atoms. The normalized spacial score (nSPS) is 19.7. The molecule has 1 saturated heterocycles. The van der Waals surface area contributed by atoms with Crippen LogP contribution in [0.25, 0.3) is 10.2 Å². The molecule has 0 radical (unpaired) electrons. The number of thiophene rings is 1. The fourth-order valence-electron chi connectivity index (χ4n) is 2.56. The summed E-state index contributed by atoms with van der Waals surface area (Å²) in [5, 5.41) is 1.90. The van der Waals surface area contributed by atoms with Crippen molar-refractivity contribution in [3.8, 4) is 0 Å². The molecule has 2 aromatic rings. The van der Waals surface area contributed by atoms with Crippen LogP contribution in [0.1, 0.15) is 18.7 Å². The summed E-state index contributed by atoms with van der Waals surface area (Å²) in [6.07, 6.45) is 2.31. The van der Waals surface area contributed by atoms with Gasteiger partial charge in [0.25, 0.3) is 5.56 Å². The van der Waals surface area contributed by atoms with Crippen LogP contribution in [0, 0.1) is 0 Å².